The van der Waals surface area contributed by atoms with Crippen LogP contribution < -0.4 is 5.32 Å². The quantitative estimate of drug-likeness (QED) is 0.0565. The number of azide groups is 1. The number of ether oxygens (including phenoxy) is 4. The highest BCUT2D eigenvalue weighted by atomic mass is 17.2. The molecule has 0 radical (unpaired) electrons. The summed E-state index contributed by atoms with van der Waals surface area (Å²) in [4.78, 5) is 23.9. The molecule has 2 fully saturated rings. The fourth-order valence-corrected chi connectivity index (χ4v) is 3.40. The molecule has 14 heteroatoms. The van der Waals surface area contributed by atoms with Crippen LogP contribution in [-0.4, -0.2) is 97.4 Å². The number of methoxy groups -OCH3 is 1. The number of hydrogen-bond donors (Lipinski definition) is 4. The molecule has 1 saturated heterocycles. The van der Waals surface area contributed by atoms with Crippen LogP contribution in [-0.2, 0) is 33.5 Å². The molecule has 1 heterocycles. The smallest absolute Gasteiger partial charge is 0.217 e. The number of carbonyl (C=O) groups is 1. The van der Waals surface area contributed by atoms with Gasteiger partial charge in [0.05, 0.1) is 19.8 Å². The third-order valence-corrected chi connectivity index (χ3v) is 5.00. The fraction of sp³-hybridized carbons (Fsp3) is 0.938. The van der Waals surface area contributed by atoms with Gasteiger partial charge in [0.1, 0.15) is 23.9 Å². The molecule has 9 atom stereocenters. The first-order valence-electron chi connectivity index (χ1n) is 9.23. The molecule has 2 rings (SSSR count). The van der Waals surface area contributed by atoms with Gasteiger partial charge in [0.15, 0.2) is 18.9 Å². The van der Waals surface area contributed by atoms with Crippen molar-refractivity contribution in [3.63, 3.8) is 0 Å². The second kappa shape index (κ2) is 10.6. The molecule has 0 aromatic rings. The van der Waals surface area contributed by atoms with Crippen LogP contribution in [0.2, 0.25) is 0 Å². The zero-order valence-electron chi connectivity index (χ0n) is 17.1. The van der Waals surface area contributed by atoms with Crippen LogP contribution in [0.15, 0.2) is 5.11 Å². The number of rotatable bonds is 11. The second-order valence-corrected chi connectivity index (χ2v) is 6.98. The first-order valence-corrected chi connectivity index (χ1v) is 9.23. The van der Waals surface area contributed by atoms with Crippen molar-refractivity contribution in [1.29, 1.82) is 0 Å². The van der Waals surface area contributed by atoms with E-state index in [4.69, 9.17) is 29.4 Å². The van der Waals surface area contributed by atoms with Crippen molar-refractivity contribution < 1.29 is 48.8 Å². The summed E-state index contributed by atoms with van der Waals surface area (Å²) in [5.41, 5.74) is 6.83. The first-order chi connectivity index (χ1) is 14.2. The van der Waals surface area contributed by atoms with Crippen LogP contribution >= 0.6 is 0 Å². The largest absolute Gasteiger partial charge is 0.390 e. The van der Waals surface area contributed by atoms with Crippen LogP contribution in [0.5, 0.6) is 0 Å². The lowest BCUT2D eigenvalue weighted by Crippen LogP contribution is -2.56. The molecule has 0 bridgehead atoms. The minimum atomic E-state index is -1.52. The van der Waals surface area contributed by atoms with Gasteiger partial charge in [0.2, 0.25) is 5.91 Å². The predicted molar refractivity (Wildman–Crippen MR) is 96.1 cm³/mol. The minimum Gasteiger partial charge on any atom is -0.390 e. The Kier molecular flexibility index (Phi) is 8.75. The standard InChI is InChI=1S/C16H28N4O10/c1-7-9(22)10(23)14(29-13(7)30-26-4)28-12-11(24)16(12,19-8(2)21)15(25-3)27-6-5-18-20-17/h7,9-15,22-24H,5-6H2,1-4H3,(H,19,21). The second-order valence-electron chi connectivity index (χ2n) is 6.98. The SMILES string of the molecule is COOC1OC(OC2C(O)C2(NC(C)=O)C(OC)OCCN=[N+]=[N-])C(O)C(O)C1C. The lowest BCUT2D eigenvalue weighted by molar-refractivity contribution is -0.431. The van der Waals surface area contributed by atoms with E-state index in [1.165, 1.54) is 21.1 Å². The number of nitrogens with zero attached hydrogens (tertiary/aromatic N) is 3. The molecule has 0 aromatic carbocycles. The average Bonchev–Trinajstić information content (AvgIpc) is 3.25. The molecule has 172 valence electrons. The zero-order chi connectivity index (χ0) is 22.5. The average molecular weight is 436 g/mol. The summed E-state index contributed by atoms with van der Waals surface area (Å²) in [6.07, 6.45) is -8.78. The first kappa shape index (κ1) is 24.7. The van der Waals surface area contributed by atoms with E-state index in [-0.39, 0.29) is 13.2 Å². The predicted octanol–water partition coefficient (Wildman–Crippen LogP) is -1.46. The Morgan fingerprint density at radius 1 is 1.30 bits per heavy atom. The number of aliphatic hydroxyl groups excluding tert-OH is 3. The molecule has 14 nitrogen and oxygen atoms in total. The summed E-state index contributed by atoms with van der Waals surface area (Å²) in [6, 6.07) is 0. The topological polar surface area (TPSA) is 194 Å². The van der Waals surface area contributed by atoms with Crippen LogP contribution in [0.3, 0.4) is 0 Å². The minimum absolute atomic E-state index is 0.00129. The summed E-state index contributed by atoms with van der Waals surface area (Å²) in [5.74, 6) is -1.14. The number of nitrogens with one attached hydrogen (secondary N) is 1. The van der Waals surface area contributed by atoms with Crippen molar-refractivity contribution in [2.24, 2.45) is 11.0 Å². The molecule has 1 amide bonds. The van der Waals surface area contributed by atoms with Gasteiger partial charge in [-0.25, -0.2) is 9.78 Å². The van der Waals surface area contributed by atoms with Crippen LogP contribution in [0.25, 0.3) is 10.4 Å². The Bertz CT molecular complexity index is 635. The molecule has 2 aliphatic rings. The molecule has 4 N–H and O–H groups in total. The van der Waals surface area contributed by atoms with Crippen molar-refractivity contribution in [3.8, 4) is 0 Å². The molecule has 0 aromatic heterocycles. The fourth-order valence-electron chi connectivity index (χ4n) is 3.40. The van der Waals surface area contributed by atoms with E-state index in [1.54, 1.807) is 6.92 Å². The lowest BCUT2D eigenvalue weighted by atomic mass is 9.96. The van der Waals surface area contributed by atoms with Gasteiger partial charge in [-0.2, -0.15) is 0 Å². The molecular weight excluding hydrogens is 408 g/mol. The number of carbonyl (C=O) groups excluding carboxylic acids is 1. The van der Waals surface area contributed by atoms with Gasteiger partial charge in [-0.05, 0) is 5.53 Å². The highest BCUT2D eigenvalue weighted by Crippen LogP contribution is 2.46. The van der Waals surface area contributed by atoms with Gasteiger partial charge in [0, 0.05) is 31.4 Å². The van der Waals surface area contributed by atoms with Gasteiger partial charge in [-0.15, -0.1) is 0 Å². The molecule has 1 saturated carbocycles. The molecule has 1 aliphatic carbocycles. The van der Waals surface area contributed by atoms with Gasteiger partial charge in [-0.1, -0.05) is 12.0 Å². The van der Waals surface area contributed by atoms with Crippen LogP contribution in [0, 0.1) is 5.92 Å². The van der Waals surface area contributed by atoms with Crippen molar-refractivity contribution in [3.05, 3.63) is 10.4 Å². The lowest BCUT2D eigenvalue weighted by Gasteiger charge is -2.40. The maximum absolute atomic E-state index is 11.8. The van der Waals surface area contributed by atoms with Crippen LogP contribution in [0.1, 0.15) is 13.8 Å². The normalized spacial score (nSPS) is 39.1. The zero-order valence-corrected chi connectivity index (χ0v) is 17.1. The summed E-state index contributed by atoms with van der Waals surface area (Å²) in [7, 11) is 2.55. The highest BCUT2D eigenvalue weighted by molar-refractivity contribution is 5.75. The molecule has 1 aliphatic heterocycles. The van der Waals surface area contributed by atoms with E-state index in [1.807, 2.05) is 0 Å². The van der Waals surface area contributed by atoms with E-state index in [2.05, 4.69) is 20.2 Å². The third kappa shape index (κ3) is 5.00. The van der Waals surface area contributed by atoms with E-state index in [0.717, 1.165) is 0 Å². The van der Waals surface area contributed by atoms with Gasteiger partial charge < -0.3 is 39.6 Å². The highest BCUT2D eigenvalue weighted by Gasteiger charge is 2.73. The van der Waals surface area contributed by atoms with Crippen molar-refractivity contribution in [1.82, 2.24) is 5.32 Å². The summed E-state index contributed by atoms with van der Waals surface area (Å²) in [6.45, 7) is 2.76. The Morgan fingerprint density at radius 2 is 2.00 bits per heavy atom. The number of hydrogen-bond acceptors (Lipinski definition) is 11. The number of aliphatic hydroxyl groups is 3. The van der Waals surface area contributed by atoms with E-state index < -0.39 is 60.6 Å². The maximum Gasteiger partial charge on any atom is 0.217 e. The number of amides is 1. The summed E-state index contributed by atoms with van der Waals surface area (Å²) < 4.78 is 21.9. The van der Waals surface area contributed by atoms with Gasteiger partial charge in [0.25, 0.3) is 0 Å². The monoisotopic (exact) mass is 436 g/mol. The van der Waals surface area contributed by atoms with Crippen molar-refractivity contribution in [2.45, 2.75) is 62.7 Å². The Labute approximate surface area is 172 Å². The van der Waals surface area contributed by atoms with E-state index in [9.17, 15) is 20.1 Å². The Hall–Kier alpha value is -1.58. The van der Waals surface area contributed by atoms with Crippen molar-refractivity contribution >= 4 is 5.91 Å². The maximum atomic E-state index is 11.8. The van der Waals surface area contributed by atoms with Gasteiger partial charge in [-0.3, -0.25) is 4.79 Å². The molecule has 0 spiro atoms. The molecule has 30 heavy (non-hydrogen) atoms. The summed E-state index contributed by atoms with van der Waals surface area (Å²) >= 11 is 0. The molecular formula is C16H28N4O10. The van der Waals surface area contributed by atoms with E-state index in [0.29, 0.717) is 0 Å². The van der Waals surface area contributed by atoms with E-state index >= 15 is 0 Å². The summed E-state index contributed by atoms with van der Waals surface area (Å²) in [5, 5.41) is 37.0. The Balaban J connectivity index is 2.16. The van der Waals surface area contributed by atoms with Crippen LogP contribution in [0.4, 0.5) is 0 Å². The van der Waals surface area contributed by atoms with Crippen molar-refractivity contribution in [2.75, 3.05) is 27.4 Å². The Morgan fingerprint density at radius 3 is 2.57 bits per heavy atom. The third-order valence-electron chi connectivity index (χ3n) is 5.00. The van der Waals surface area contributed by atoms with Gasteiger partial charge >= 0.3 is 0 Å². The molecule has 9 unspecified atom stereocenters.